The molecule has 0 atom stereocenters. The van der Waals surface area contributed by atoms with Crippen LogP contribution in [0.25, 0.3) is 0 Å². The number of amides is 2. The molecule has 3 heterocycles. The molecule has 8 heteroatoms. The molecule has 2 aromatic heterocycles. The van der Waals surface area contributed by atoms with Crippen LogP contribution < -0.4 is 5.32 Å². The monoisotopic (exact) mass is 361 g/mol. The molecule has 7 nitrogen and oxygen atoms in total. The number of rotatable bonds is 4. The van der Waals surface area contributed by atoms with Gasteiger partial charge in [-0.25, -0.2) is 0 Å². The number of nitrogens with zero attached hydrogens (tertiary/aromatic N) is 4. The van der Waals surface area contributed by atoms with E-state index in [1.165, 1.54) is 11.3 Å². The van der Waals surface area contributed by atoms with Gasteiger partial charge in [-0.15, -0.1) is 0 Å². The lowest BCUT2D eigenvalue weighted by molar-refractivity contribution is -0.135. The van der Waals surface area contributed by atoms with Crippen molar-refractivity contribution in [2.24, 2.45) is 7.05 Å². The van der Waals surface area contributed by atoms with Crippen molar-refractivity contribution in [3.8, 4) is 0 Å². The van der Waals surface area contributed by atoms with Crippen molar-refractivity contribution in [1.82, 2.24) is 19.6 Å². The second-order valence-electron chi connectivity index (χ2n) is 6.55. The van der Waals surface area contributed by atoms with E-state index in [1.54, 1.807) is 29.9 Å². The van der Waals surface area contributed by atoms with E-state index in [0.717, 1.165) is 11.4 Å². The Labute approximate surface area is 151 Å². The number of piperidine rings is 1. The lowest BCUT2D eigenvalue weighted by Crippen LogP contribution is -2.58. The van der Waals surface area contributed by atoms with E-state index in [1.807, 2.05) is 34.8 Å². The third-order valence-corrected chi connectivity index (χ3v) is 5.36. The fourth-order valence-corrected chi connectivity index (χ4v) is 3.85. The molecule has 1 aliphatic rings. The first-order valence-corrected chi connectivity index (χ1v) is 9.17. The van der Waals surface area contributed by atoms with E-state index >= 15 is 0 Å². The quantitative estimate of drug-likeness (QED) is 0.899. The highest BCUT2D eigenvalue weighted by molar-refractivity contribution is 7.08. The summed E-state index contributed by atoms with van der Waals surface area (Å²) >= 11 is 1.51. The number of anilines is 1. The molecule has 1 aliphatic heterocycles. The van der Waals surface area contributed by atoms with Gasteiger partial charge in [-0.2, -0.15) is 16.4 Å². The van der Waals surface area contributed by atoms with Gasteiger partial charge < -0.3 is 15.1 Å². The molecule has 1 fully saturated rings. The molecule has 0 radical (unpaired) electrons. The Kier molecular flexibility index (Phi) is 4.80. The largest absolute Gasteiger partial charge is 0.356 e. The number of likely N-dealkylation sites (tertiary alicyclic amines) is 1. The molecule has 134 valence electrons. The van der Waals surface area contributed by atoms with Crippen LogP contribution in [0.3, 0.4) is 0 Å². The molecule has 0 aliphatic carbocycles. The molecule has 0 spiro atoms. The highest BCUT2D eigenvalue weighted by Crippen LogP contribution is 2.29. The maximum absolute atomic E-state index is 12.9. The van der Waals surface area contributed by atoms with Crippen molar-refractivity contribution in [2.75, 3.05) is 32.5 Å². The minimum Gasteiger partial charge on any atom is -0.356 e. The van der Waals surface area contributed by atoms with Crippen LogP contribution >= 0.6 is 11.3 Å². The standard InChI is InChI=1S/C17H23N5O2S/c1-20(2)16(24)17(19-14-4-8-18-21(14)3)6-9-22(10-7-17)15(23)13-5-11-25-12-13/h4-5,8,11-12,19H,6-7,9-10H2,1-3H3. The molecule has 0 bridgehead atoms. The van der Waals surface area contributed by atoms with Crippen LogP contribution in [0.4, 0.5) is 5.82 Å². The number of aryl methyl sites for hydroxylation is 1. The van der Waals surface area contributed by atoms with Gasteiger partial charge >= 0.3 is 0 Å². The van der Waals surface area contributed by atoms with Gasteiger partial charge in [0.1, 0.15) is 11.4 Å². The lowest BCUT2D eigenvalue weighted by Gasteiger charge is -2.42. The fraction of sp³-hybridized carbons (Fsp3) is 0.471. The molecule has 1 saturated heterocycles. The summed E-state index contributed by atoms with van der Waals surface area (Å²) in [6.07, 6.45) is 2.82. The summed E-state index contributed by atoms with van der Waals surface area (Å²) in [7, 11) is 5.36. The van der Waals surface area contributed by atoms with Gasteiger partial charge in [0.15, 0.2) is 0 Å². The van der Waals surface area contributed by atoms with Crippen molar-refractivity contribution in [2.45, 2.75) is 18.4 Å². The van der Waals surface area contributed by atoms with Gasteiger partial charge in [0.25, 0.3) is 5.91 Å². The van der Waals surface area contributed by atoms with Crippen molar-refractivity contribution in [3.63, 3.8) is 0 Å². The third-order valence-electron chi connectivity index (χ3n) is 4.68. The summed E-state index contributed by atoms with van der Waals surface area (Å²) in [5.41, 5.74) is -0.000978. The highest BCUT2D eigenvalue weighted by atomic mass is 32.1. The number of carbonyl (C=O) groups excluding carboxylic acids is 2. The summed E-state index contributed by atoms with van der Waals surface area (Å²) < 4.78 is 1.72. The number of hydrogen-bond donors (Lipinski definition) is 1. The van der Waals surface area contributed by atoms with Crippen LogP contribution in [0, 0.1) is 0 Å². The molecule has 3 rings (SSSR count). The van der Waals surface area contributed by atoms with Crippen LogP contribution in [-0.2, 0) is 11.8 Å². The Morgan fingerprint density at radius 3 is 2.52 bits per heavy atom. The van der Waals surface area contributed by atoms with Crippen molar-refractivity contribution in [3.05, 3.63) is 34.7 Å². The average Bonchev–Trinajstić information content (AvgIpc) is 3.26. The summed E-state index contributed by atoms with van der Waals surface area (Å²) in [6, 6.07) is 3.70. The number of hydrogen-bond acceptors (Lipinski definition) is 5. The third kappa shape index (κ3) is 3.39. The summed E-state index contributed by atoms with van der Waals surface area (Å²) in [6.45, 7) is 1.08. The summed E-state index contributed by atoms with van der Waals surface area (Å²) in [5, 5.41) is 11.3. The van der Waals surface area contributed by atoms with Crippen LogP contribution in [0.5, 0.6) is 0 Å². The molecule has 0 saturated carbocycles. The number of likely N-dealkylation sites (N-methyl/N-ethyl adjacent to an activating group) is 1. The highest BCUT2D eigenvalue weighted by Gasteiger charge is 2.43. The predicted molar refractivity (Wildman–Crippen MR) is 97.7 cm³/mol. The number of aromatic nitrogens is 2. The second-order valence-corrected chi connectivity index (χ2v) is 7.33. The first-order valence-electron chi connectivity index (χ1n) is 8.22. The van der Waals surface area contributed by atoms with Crippen LogP contribution in [0.15, 0.2) is 29.1 Å². The van der Waals surface area contributed by atoms with Gasteiger partial charge in [-0.1, -0.05) is 0 Å². The number of nitrogens with one attached hydrogen (secondary N) is 1. The lowest BCUT2D eigenvalue weighted by atomic mass is 9.85. The molecular weight excluding hydrogens is 338 g/mol. The van der Waals surface area contributed by atoms with Gasteiger partial charge in [0.05, 0.1) is 11.8 Å². The zero-order valence-electron chi connectivity index (χ0n) is 14.7. The first-order chi connectivity index (χ1) is 11.9. The zero-order valence-corrected chi connectivity index (χ0v) is 15.5. The summed E-state index contributed by atoms with van der Waals surface area (Å²) in [4.78, 5) is 28.9. The number of carbonyl (C=O) groups is 2. The van der Waals surface area contributed by atoms with E-state index in [0.29, 0.717) is 25.9 Å². The Hall–Kier alpha value is -2.35. The topological polar surface area (TPSA) is 70.5 Å². The molecule has 2 aromatic rings. The fourth-order valence-electron chi connectivity index (χ4n) is 3.22. The summed E-state index contributed by atoms with van der Waals surface area (Å²) in [5.74, 6) is 0.858. The predicted octanol–water partition coefficient (Wildman–Crippen LogP) is 1.66. The van der Waals surface area contributed by atoms with Crippen molar-refractivity contribution >= 4 is 29.0 Å². The molecule has 0 aromatic carbocycles. The molecule has 25 heavy (non-hydrogen) atoms. The molecule has 0 unspecified atom stereocenters. The van der Waals surface area contributed by atoms with E-state index < -0.39 is 5.54 Å². The van der Waals surface area contributed by atoms with Gasteiger partial charge in [-0.05, 0) is 24.3 Å². The second kappa shape index (κ2) is 6.87. The Morgan fingerprint density at radius 1 is 1.28 bits per heavy atom. The molecule has 2 amide bonds. The van der Waals surface area contributed by atoms with Crippen LogP contribution in [-0.4, -0.2) is 64.1 Å². The zero-order chi connectivity index (χ0) is 18.0. The van der Waals surface area contributed by atoms with E-state index in [-0.39, 0.29) is 11.8 Å². The minimum absolute atomic E-state index is 0.0244. The van der Waals surface area contributed by atoms with Gasteiger partial charge in [0.2, 0.25) is 5.91 Å². The van der Waals surface area contributed by atoms with Gasteiger partial charge in [-0.3, -0.25) is 14.3 Å². The number of thiophene rings is 1. The van der Waals surface area contributed by atoms with E-state index in [9.17, 15) is 9.59 Å². The van der Waals surface area contributed by atoms with Crippen LogP contribution in [0.2, 0.25) is 0 Å². The Bertz CT molecular complexity index is 745. The van der Waals surface area contributed by atoms with Crippen LogP contribution in [0.1, 0.15) is 23.2 Å². The Balaban J connectivity index is 1.78. The molecule has 1 N–H and O–H groups in total. The first kappa shape index (κ1) is 17.5. The smallest absolute Gasteiger partial charge is 0.254 e. The average molecular weight is 361 g/mol. The van der Waals surface area contributed by atoms with Crippen molar-refractivity contribution < 1.29 is 9.59 Å². The maximum atomic E-state index is 12.9. The van der Waals surface area contributed by atoms with Crippen molar-refractivity contribution in [1.29, 1.82) is 0 Å². The minimum atomic E-state index is -0.720. The van der Waals surface area contributed by atoms with Gasteiger partial charge in [0, 0.05) is 45.7 Å². The maximum Gasteiger partial charge on any atom is 0.254 e. The van der Waals surface area contributed by atoms with E-state index in [4.69, 9.17) is 0 Å². The Morgan fingerprint density at radius 2 is 2.00 bits per heavy atom. The normalized spacial score (nSPS) is 16.5. The van der Waals surface area contributed by atoms with E-state index in [2.05, 4.69) is 10.4 Å². The molecular formula is C17H23N5O2S. The SMILES string of the molecule is CN(C)C(=O)C1(Nc2ccnn2C)CCN(C(=O)c2ccsc2)CC1.